The number of hydrogen-bond donors (Lipinski definition) is 1. The standard InChI is InChI=1S/C14H21NO2S/c1-16-11-7-6-10(13(18-3)12(11)17-2)14(15)8-4-5-9-14/h6-7H,4-5,8-9,15H2,1-3H3. The van der Waals surface area contributed by atoms with Crippen LogP contribution in [0.15, 0.2) is 17.0 Å². The number of thioether (sulfide) groups is 1. The summed E-state index contributed by atoms with van der Waals surface area (Å²) in [6.07, 6.45) is 6.57. The highest BCUT2D eigenvalue weighted by atomic mass is 32.2. The predicted octanol–water partition coefficient (Wildman–Crippen LogP) is 3.15. The van der Waals surface area contributed by atoms with Crippen molar-refractivity contribution < 1.29 is 9.47 Å². The summed E-state index contributed by atoms with van der Waals surface area (Å²) in [6, 6.07) is 4.05. The van der Waals surface area contributed by atoms with Crippen LogP contribution in [0.1, 0.15) is 31.2 Å². The van der Waals surface area contributed by atoms with Crippen LogP contribution in [-0.2, 0) is 5.54 Å². The first kappa shape index (κ1) is 13.6. The zero-order valence-electron chi connectivity index (χ0n) is 11.3. The average Bonchev–Trinajstić information content (AvgIpc) is 2.84. The van der Waals surface area contributed by atoms with Gasteiger partial charge in [-0.2, -0.15) is 0 Å². The van der Waals surface area contributed by atoms with Crippen molar-refractivity contribution in [3.05, 3.63) is 17.7 Å². The Balaban J connectivity index is 2.54. The third-order valence-corrected chi connectivity index (χ3v) is 4.55. The molecule has 4 heteroatoms. The molecule has 0 unspecified atom stereocenters. The van der Waals surface area contributed by atoms with E-state index >= 15 is 0 Å². The van der Waals surface area contributed by atoms with E-state index in [0.29, 0.717) is 0 Å². The highest BCUT2D eigenvalue weighted by molar-refractivity contribution is 7.98. The third-order valence-electron chi connectivity index (χ3n) is 3.74. The lowest BCUT2D eigenvalue weighted by molar-refractivity contribution is 0.343. The molecule has 0 bridgehead atoms. The van der Waals surface area contributed by atoms with Gasteiger partial charge in [0, 0.05) is 5.54 Å². The number of rotatable bonds is 4. The maximum Gasteiger partial charge on any atom is 0.174 e. The molecule has 0 radical (unpaired) electrons. The van der Waals surface area contributed by atoms with Crippen molar-refractivity contribution in [1.82, 2.24) is 0 Å². The molecule has 0 atom stereocenters. The van der Waals surface area contributed by atoms with Gasteiger partial charge in [-0.15, -0.1) is 11.8 Å². The maximum absolute atomic E-state index is 6.56. The fourth-order valence-corrected chi connectivity index (χ4v) is 3.63. The van der Waals surface area contributed by atoms with E-state index in [4.69, 9.17) is 15.2 Å². The summed E-state index contributed by atoms with van der Waals surface area (Å²) >= 11 is 1.68. The van der Waals surface area contributed by atoms with Crippen molar-refractivity contribution in [2.24, 2.45) is 5.73 Å². The summed E-state index contributed by atoms with van der Waals surface area (Å²) in [5, 5.41) is 0. The number of methoxy groups -OCH3 is 2. The van der Waals surface area contributed by atoms with Crippen molar-refractivity contribution in [2.75, 3.05) is 20.5 Å². The predicted molar refractivity (Wildman–Crippen MR) is 75.7 cm³/mol. The summed E-state index contributed by atoms with van der Waals surface area (Å²) in [7, 11) is 3.34. The van der Waals surface area contributed by atoms with Crippen molar-refractivity contribution in [2.45, 2.75) is 36.1 Å². The molecule has 0 amide bonds. The van der Waals surface area contributed by atoms with Gasteiger partial charge in [0.25, 0.3) is 0 Å². The van der Waals surface area contributed by atoms with Gasteiger partial charge in [0.15, 0.2) is 11.5 Å². The van der Waals surface area contributed by atoms with Crippen molar-refractivity contribution in [3.8, 4) is 11.5 Å². The molecule has 100 valence electrons. The quantitative estimate of drug-likeness (QED) is 0.851. The van der Waals surface area contributed by atoms with E-state index in [2.05, 4.69) is 12.3 Å². The molecule has 3 nitrogen and oxygen atoms in total. The molecular formula is C14H21NO2S. The molecule has 1 aromatic rings. The maximum atomic E-state index is 6.56. The first-order valence-corrected chi connectivity index (χ1v) is 7.47. The minimum Gasteiger partial charge on any atom is -0.493 e. The second-order valence-electron chi connectivity index (χ2n) is 4.75. The van der Waals surface area contributed by atoms with Crippen LogP contribution in [-0.4, -0.2) is 20.5 Å². The molecule has 2 N–H and O–H groups in total. The zero-order valence-corrected chi connectivity index (χ0v) is 12.1. The molecule has 18 heavy (non-hydrogen) atoms. The highest BCUT2D eigenvalue weighted by Gasteiger charge is 2.34. The van der Waals surface area contributed by atoms with E-state index in [1.165, 1.54) is 18.4 Å². The summed E-state index contributed by atoms with van der Waals surface area (Å²) < 4.78 is 10.9. The molecule has 1 aromatic carbocycles. The Morgan fingerprint density at radius 1 is 1.17 bits per heavy atom. The summed E-state index contributed by atoms with van der Waals surface area (Å²) in [4.78, 5) is 1.11. The zero-order chi connectivity index (χ0) is 13.2. The Kier molecular flexibility index (Phi) is 4.07. The average molecular weight is 267 g/mol. The van der Waals surface area contributed by atoms with Gasteiger partial charge in [-0.05, 0) is 30.7 Å². The second-order valence-corrected chi connectivity index (χ2v) is 5.56. The van der Waals surface area contributed by atoms with Crippen molar-refractivity contribution >= 4 is 11.8 Å². The first-order valence-electron chi connectivity index (χ1n) is 6.24. The van der Waals surface area contributed by atoms with Crippen LogP contribution >= 0.6 is 11.8 Å². The molecule has 2 rings (SSSR count). The van der Waals surface area contributed by atoms with E-state index in [0.717, 1.165) is 29.2 Å². The summed E-state index contributed by atoms with van der Waals surface area (Å²) in [5.74, 6) is 1.58. The molecule has 0 aromatic heterocycles. The van der Waals surface area contributed by atoms with E-state index in [9.17, 15) is 0 Å². The molecule has 1 fully saturated rings. The second kappa shape index (κ2) is 5.41. The highest BCUT2D eigenvalue weighted by Crippen LogP contribution is 2.46. The van der Waals surface area contributed by atoms with Crippen LogP contribution in [0, 0.1) is 0 Å². The van der Waals surface area contributed by atoms with Crippen LogP contribution in [0.3, 0.4) is 0 Å². The Bertz CT molecular complexity index is 428. The Labute approximate surface area is 113 Å². The van der Waals surface area contributed by atoms with Crippen LogP contribution in [0.25, 0.3) is 0 Å². The number of nitrogens with two attached hydrogens (primary N) is 1. The van der Waals surface area contributed by atoms with Gasteiger partial charge in [0.05, 0.1) is 19.1 Å². The van der Waals surface area contributed by atoms with Crippen molar-refractivity contribution in [1.29, 1.82) is 0 Å². The largest absolute Gasteiger partial charge is 0.493 e. The SMILES string of the molecule is COc1ccc(C2(N)CCCC2)c(SC)c1OC. The molecular weight excluding hydrogens is 246 g/mol. The first-order chi connectivity index (χ1) is 8.66. The van der Waals surface area contributed by atoms with E-state index in [-0.39, 0.29) is 5.54 Å². The van der Waals surface area contributed by atoms with Gasteiger partial charge in [-0.25, -0.2) is 0 Å². The van der Waals surface area contributed by atoms with Gasteiger partial charge < -0.3 is 15.2 Å². The van der Waals surface area contributed by atoms with Gasteiger partial charge in [0.2, 0.25) is 0 Å². The number of ether oxygens (including phenoxy) is 2. The minimum atomic E-state index is -0.197. The van der Waals surface area contributed by atoms with Gasteiger partial charge in [0.1, 0.15) is 0 Å². The van der Waals surface area contributed by atoms with Crippen LogP contribution in [0.4, 0.5) is 0 Å². The molecule has 0 spiro atoms. The topological polar surface area (TPSA) is 44.5 Å². The fraction of sp³-hybridized carbons (Fsp3) is 0.571. The van der Waals surface area contributed by atoms with Gasteiger partial charge >= 0.3 is 0 Å². The lowest BCUT2D eigenvalue weighted by Crippen LogP contribution is -2.33. The molecule has 0 saturated heterocycles. The van der Waals surface area contributed by atoms with Crippen molar-refractivity contribution in [3.63, 3.8) is 0 Å². The molecule has 0 heterocycles. The lowest BCUT2D eigenvalue weighted by Gasteiger charge is -2.28. The fourth-order valence-electron chi connectivity index (χ4n) is 2.77. The Morgan fingerprint density at radius 3 is 2.33 bits per heavy atom. The van der Waals surface area contributed by atoms with Crippen LogP contribution in [0.5, 0.6) is 11.5 Å². The molecule has 0 aliphatic heterocycles. The van der Waals surface area contributed by atoms with E-state index in [1.54, 1.807) is 26.0 Å². The van der Waals surface area contributed by atoms with Gasteiger partial charge in [-0.1, -0.05) is 18.9 Å². The summed E-state index contributed by atoms with van der Waals surface area (Å²) in [6.45, 7) is 0. The minimum absolute atomic E-state index is 0.197. The third kappa shape index (κ3) is 2.19. The number of hydrogen-bond acceptors (Lipinski definition) is 4. The molecule has 1 saturated carbocycles. The number of benzene rings is 1. The molecule has 1 aliphatic rings. The summed E-state index contributed by atoms with van der Waals surface area (Å²) in [5.41, 5.74) is 7.56. The Hall–Kier alpha value is -0.870. The van der Waals surface area contributed by atoms with E-state index < -0.39 is 0 Å². The monoisotopic (exact) mass is 267 g/mol. The lowest BCUT2D eigenvalue weighted by atomic mass is 9.89. The Morgan fingerprint density at radius 2 is 1.83 bits per heavy atom. The van der Waals surface area contributed by atoms with E-state index in [1.807, 2.05) is 6.07 Å². The van der Waals surface area contributed by atoms with Crippen LogP contribution in [0.2, 0.25) is 0 Å². The van der Waals surface area contributed by atoms with Crippen LogP contribution < -0.4 is 15.2 Å². The normalized spacial score (nSPS) is 17.8. The smallest absolute Gasteiger partial charge is 0.174 e. The van der Waals surface area contributed by atoms with Gasteiger partial charge in [-0.3, -0.25) is 0 Å². The molecule has 1 aliphatic carbocycles.